The minimum Gasteiger partial charge on any atom is -0.289 e. The van der Waals surface area contributed by atoms with Crippen LogP contribution in [-0.4, -0.2) is 24.9 Å². The molecule has 0 radical (unpaired) electrons. The number of hydrogen-bond donors (Lipinski definition) is 2. The van der Waals surface area contributed by atoms with Gasteiger partial charge in [-0.2, -0.15) is 0 Å². The van der Waals surface area contributed by atoms with E-state index in [9.17, 15) is 4.79 Å². The van der Waals surface area contributed by atoms with Crippen molar-refractivity contribution in [2.24, 2.45) is 0 Å². The summed E-state index contributed by atoms with van der Waals surface area (Å²) in [7, 11) is 0. The Bertz CT molecular complexity index is 1370. The van der Waals surface area contributed by atoms with Gasteiger partial charge >= 0.3 is 5.69 Å². The number of rotatable bonds is 4. The number of aromatic amines is 2. The zero-order chi connectivity index (χ0) is 19.8. The summed E-state index contributed by atoms with van der Waals surface area (Å²) in [6.45, 7) is 2.14. The fraction of sp³-hybridized carbons (Fsp3) is 0.130. The fourth-order valence-electron chi connectivity index (χ4n) is 3.89. The van der Waals surface area contributed by atoms with Crippen LogP contribution in [0, 0.1) is 0 Å². The van der Waals surface area contributed by atoms with E-state index in [1.54, 1.807) is 6.20 Å². The molecule has 0 aliphatic rings. The van der Waals surface area contributed by atoms with Gasteiger partial charge in [0.15, 0.2) is 11.3 Å². The van der Waals surface area contributed by atoms with E-state index in [-0.39, 0.29) is 11.6 Å². The maximum absolute atomic E-state index is 11.9. The second kappa shape index (κ2) is 6.98. The Kier molecular flexibility index (Phi) is 4.17. The number of nitrogens with zero attached hydrogens (tertiary/aromatic N) is 3. The van der Waals surface area contributed by atoms with Gasteiger partial charge in [-0.25, -0.2) is 14.8 Å². The Balaban J connectivity index is 1.84. The van der Waals surface area contributed by atoms with E-state index in [1.165, 1.54) is 5.56 Å². The van der Waals surface area contributed by atoms with Gasteiger partial charge in [0, 0.05) is 23.1 Å². The van der Waals surface area contributed by atoms with Crippen molar-refractivity contribution < 1.29 is 0 Å². The molecule has 0 saturated heterocycles. The first-order valence-corrected chi connectivity index (χ1v) is 9.63. The summed E-state index contributed by atoms with van der Waals surface area (Å²) in [6, 6.07) is 20.2. The molecule has 1 atom stereocenters. The topological polar surface area (TPSA) is 87.3 Å². The number of pyridine rings is 1. The molecule has 5 rings (SSSR count). The molecule has 0 spiro atoms. The summed E-state index contributed by atoms with van der Waals surface area (Å²) >= 11 is 0. The van der Waals surface area contributed by atoms with Crippen LogP contribution < -0.4 is 5.69 Å². The van der Waals surface area contributed by atoms with E-state index in [0.29, 0.717) is 11.3 Å². The number of nitrogens with one attached hydrogen (secondary N) is 2. The number of hydrogen-bond acceptors (Lipinski definition) is 4. The molecule has 6 heteroatoms. The molecule has 0 unspecified atom stereocenters. The lowest BCUT2D eigenvalue weighted by molar-refractivity contribution is 0.750. The van der Waals surface area contributed by atoms with Crippen molar-refractivity contribution in [2.45, 2.75) is 19.3 Å². The van der Waals surface area contributed by atoms with Gasteiger partial charge in [0.05, 0.1) is 16.9 Å². The Morgan fingerprint density at radius 1 is 0.897 bits per heavy atom. The zero-order valence-electron chi connectivity index (χ0n) is 15.9. The predicted molar refractivity (Wildman–Crippen MR) is 114 cm³/mol. The maximum Gasteiger partial charge on any atom is 0.326 e. The molecule has 0 saturated carbocycles. The Labute approximate surface area is 166 Å². The van der Waals surface area contributed by atoms with E-state index >= 15 is 0 Å². The average molecular weight is 381 g/mol. The van der Waals surface area contributed by atoms with Gasteiger partial charge in [-0.1, -0.05) is 55.5 Å². The molecule has 0 bridgehead atoms. The number of benzene rings is 2. The number of H-pyrrole nitrogens is 2. The normalized spacial score (nSPS) is 12.4. The first kappa shape index (κ1) is 17.3. The van der Waals surface area contributed by atoms with E-state index in [4.69, 9.17) is 9.97 Å². The molecular weight excluding hydrogens is 362 g/mol. The van der Waals surface area contributed by atoms with Crippen molar-refractivity contribution in [3.05, 3.63) is 88.6 Å². The molecular formula is C23H19N5O. The maximum atomic E-state index is 11.9. The highest BCUT2D eigenvalue weighted by molar-refractivity contribution is 5.94. The minimum absolute atomic E-state index is 0.0495. The van der Waals surface area contributed by atoms with Gasteiger partial charge in [-0.15, -0.1) is 0 Å². The molecule has 29 heavy (non-hydrogen) atoms. The van der Waals surface area contributed by atoms with Crippen molar-refractivity contribution in [3.8, 4) is 11.3 Å². The third-order valence-corrected chi connectivity index (χ3v) is 5.23. The van der Waals surface area contributed by atoms with Gasteiger partial charge in [-0.3, -0.25) is 15.0 Å². The third kappa shape index (κ3) is 2.99. The Hall–Kier alpha value is -3.80. The zero-order valence-corrected chi connectivity index (χ0v) is 15.9. The lowest BCUT2D eigenvalue weighted by Crippen LogP contribution is -2.07. The van der Waals surface area contributed by atoms with Gasteiger partial charge in [0.25, 0.3) is 0 Å². The van der Waals surface area contributed by atoms with Crippen molar-refractivity contribution in [3.63, 3.8) is 0 Å². The molecule has 6 nitrogen and oxygen atoms in total. The van der Waals surface area contributed by atoms with Crippen LogP contribution in [0.5, 0.6) is 0 Å². The van der Waals surface area contributed by atoms with Gasteiger partial charge in [0.2, 0.25) is 0 Å². The van der Waals surface area contributed by atoms with Crippen LogP contribution >= 0.6 is 0 Å². The largest absolute Gasteiger partial charge is 0.326 e. The first-order chi connectivity index (χ1) is 14.2. The molecule has 0 amide bonds. The van der Waals surface area contributed by atoms with E-state index in [1.807, 2.05) is 48.5 Å². The lowest BCUT2D eigenvalue weighted by Gasteiger charge is -2.19. The summed E-state index contributed by atoms with van der Waals surface area (Å²) < 4.78 is 0. The van der Waals surface area contributed by atoms with Gasteiger partial charge < -0.3 is 0 Å². The standard InChI is InChI=1S/C23H19N5O/c1-2-15(14-8-4-3-5-9-14)19-20(26-22-21(25-19)27-23(29)28-22)17-10-6-12-18-16(17)11-7-13-24-18/h3-13,15H,2H2,1H3,(H2,25,26,27,28,29)/t15-/m1/s1. The van der Waals surface area contributed by atoms with Crippen LogP contribution in [0.1, 0.15) is 30.5 Å². The van der Waals surface area contributed by atoms with Gasteiger partial charge in [-0.05, 0) is 24.1 Å². The lowest BCUT2D eigenvalue weighted by atomic mass is 9.89. The monoisotopic (exact) mass is 381 g/mol. The highest BCUT2D eigenvalue weighted by Crippen LogP contribution is 2.36. The van der Waals surface area contributed by atoms with E-state index < -0.39 is 0 Å². The van der Waals surface area contributed by atoms with Crippen LogP contribution in [-0.2, 0) is 0 Å². The molecule has 142 valence electrons. The van der Waals surface area contributed by atoms with Gasteiger partial charge in [0.1, 0.15) is 0 Å². The molecule has 3 aromatic heterocycles. The molecule has 2 aromatic carbocycles. The summed E-state index contributed by atoms with van der Waals surface area (Å²) in [5, 5.41) is 1.01. The Morgan fingerprint density at radius 2 is 1.69 bits per heavy atom. The van der Waals surface area contributed by atoms with Crippen molar-refractivity contribution in [1.29, 1.82) is 0 Å². The minimum atomic E-state index is -0.310. The highest BCUT2D eigenvalue weighted by Gasteiger charge is 2.22. The second-order valence-electron chi connectivity index (χ2n) is 6.98. The number of aromatic nitrogens is 5. The molecule has 0 fully saturated rings. The molecule has 2 N–H and O–H groups in total. The van der Waals surface area contributed by atoms with Crippen LogP contribution in [0.4, 0.5) is 0 Å². The average Bonchev–Trinajstić information content (AvgIpc) is 3.13. The van der Waals surface area contributed by atoms with E-state index in [0.717, 1.165) is 34.3 Å². The summed E-state index contributed by atoms with van der Waals surface area (Å²) in [6.07, 6.45) is 2.64. The molecule has 3 heterocycles. The number of imidazole rings is 1. The summed E-state index contributed by atoms with van der Waals surface area (Å²) in [4.78, 5) is 31.5. The fourth-order valence-corrected chi connectivity index (χ4v) is 3.89. The third-order valence-electron chi connectivity index (χ3n) is 5.23. The SMILES string of the molecule is CC[C@H](c1ccccc1)c1nc2[nH]c(=O)[nH]c2nc1-c1cccc2ncccc12. The number of fused-ring (bicyclic) bond motifs is 2. The summed E-state index contributed by atoms with van der Waals surface area (Å²) in [5.74, 6) is 0.0495. The molecule has 0 aliphatic carbocycles. The van der Waals surface area contributed by atoms with Crippen LogP contribution in [0.15, 0.2) is 71.7 Å². The highest BCUT2D eigenvalue weighted by atomic mass is 16.1. The smallest absolute Gasteiger partial charge is 0.289 e. The second-order valence-corrected chi connectivity index (χ2v) is 6.98. The van der Waals surface area contributed by atoms with Crippen molar-refractivity contribution >= 4 is 22.2 Å². The van der Waals surface area contributed by atoms with E-state index in [2.05, 4.69) is 34.0 Å². The molecule has 5 aromatic rings. The summed E-state index contributed by atoms with van der Waals surface area (Å²) in [5.41, 5.74) is 5.25. The quantitative estimate of drug-likeness (QED) is 0.483. The van der Waals surface area contributed by atoms with Crippen LogP contribution in [0.2, 0.25) is 0 Å². The van der Waals surface area contributed by atoms with Crippen molar-refractivity contribution in [1.82, 2.24) is 24.9 Å². The molecule has 0 aliphatic heterocycles. The Morgan fingerprint density at radius 3 is 2.48 bits per heavy atom. The van der Waals surface area contributed by atoms with Crippen LogP contribution in [0.25, 0.3) is 33.5 Å². The predicted octanol–water partition coefficient (Wildman–Crippen LogP) is 4.40. The van der Waals surface area contributed by atoms with Crippen molar-refractivity contribution in [2.75, 3.05) is 0 Å². The van der Waals surface area contributed by atoms with Crippen LogP contribution in [0.3, 0.4) is 0 Å². The first-order valence-electron chi connectivity index (χ1n) is 9.63.